The zero-order chi connectivity index (χ0) is 20.9. The van der Waals surface area contributed by atoms with Crippen LogP contribution in [0.3, 0.4) is 0 Å². The number of hydrogen-bond donors (Lipinski definition) is 1. The van der Waals surface area contributed by atoms with Crippen molar-refractivity contribution in [1.82, 2.24) is 4.90 Å². The van der Waals surface area contributed by atoms with Crippen LogP contribution >= 0.6 is 11.3 Å². The molecule has 1 aromatic heterocycles. The lowest BCUT2D eigenvalue weighted by atomic mass is 9.94. The van der Waals surface area contributed by atoms with E-state index >= 15 is 0 Å². The number of para-hydroxylation sites is 1. The van der Waals surface area contributed by atoms with Crippen LogP contribution in [0.4, 0.5) is 0 Å². The maximum Gasteiger partial charge on any atom is 0.254 e. The molecule has 1 heterocycles. The van der Waals surface area contributed by atoms with Gasteiger partial charge < -0.3 is 14.8 Å². The van der Waals surface area contributed by atoms with Crippen LogP contribution in [0.2, 0.25) is 0 Å². The third-order valence-electron chi connectivity index (χ3n) is 5.31. The molecular weight excluding hydrogens is 396 g/mol. The van der Waals surface area contributed by atoms with E-state index in [1.54, 1.807) is 4.90 Å². The lowest BCUT2D eigenvalue weighted by Crippen LogP contribution is -2.29. The second kappa shape index (κ2) is 9.13. The summed E-state index contributed by atoms with van der Waals surface area (Å²) in [7, 11) is 1.83. The van der Waals surface area contributed by atoms with Gasteiger partial charge in [-0.15, -0.1) is 11.3 Å². The van der Waals surface area contributed by atoms with Gasteiger partial charge in [0.05, 0.1) is 16.2 Å². The van der Waals surface area contributed by atoms with Gasteiger partial charge in [0.15, 0.2) is 0 Å². The number of likely N-dealkylation sites (N-methyl/N-ethyl adjacent to an activating group) is 1. The summed E-state index contributed by atoms with van der Waals surface area (Å²) >= 11 is 1.49. The monoisotopic (exact) mass is 420 g/mol. The molecule has 0 saturated carbocycles. The minimum absolute atomic E-state index is 0.0170. The predicted molar refractivity (Wildman–Crippen MR) is 119 cm³/mol. The van der Waals surface area contributed by atoms with Crippen LogP contribution in [0.1, 0.15) is 39.2 Å². The fourth-order valence-electron chi connectivity index (χ4n) is 3.69. The molecule has 1 N–H and O–H groups in total. The first-order chi connectivity index (χ1) is 14.7. The molecule has 0 spiro atoms. The fourth-order valence-corrected chi connectivity index (χ4v) is 4.80. The molecule has 2 aromatic carbocycles. The highest BCUT2D eigenvalue weighted by Gasteiger charge is 2.25. The number of carbonyl (C=O) groups excluding carboxylic acids is 1. The van der Waals surface area contributed by atoms with E-state index in [2.05, 4.69) is 5.16 Å². The molecule has 5 nitrogen and oxygen atoms in total. The fraction of sp³-hybridized carbons (Fsp3) is 0.250. The topological polar surface area (TPSA) is 62.1 Å². The number of ether oxygens (including phenoxy) is 1. The maximum absolute atomic E-state index is 13.0. The zero-order valence-corrected chi connectivity index (χ0v) is 17.7. The Bertz CT molecular complexity index is 1060. The number of fused-ring (bicyclic) bond motifs is 1. The molecule has 0 unspecified atom stereocenters. The molecule has 0 atom stereocenters. The maximum atomic E-state index is 13.0. The van der Waals surface area contributed by atoms with Gasteiger partial charge in [0, 0.05) is 19.0 Å². The van der Waals surface area contributed by atoms with E-state index in [-0.39, 0.29) is 5.91 Å². The van der Waals surface area contributed by atoms with Crippen LogP contribution in [-0.2, 0) is 12.8 Å². The normalized spacial score (nSPS) is 14.4. The molecule has 0 radical (unpaired) electrons. The summed E-state index contributed by atoms with van der Waals surface area (Å²) < 4.78 is 5.90. The van der Waals surface area contributed by atoms with Crippen LogP contribution < -0.4 is 4.74 Å². The molecule has 30 heavy (non-hydrogen) atoms. The third-order valence-corrected chi connectivity index (χ3v) is 6.38. The predicted octanol–water partition coefficient (Wildman–Crippen LogP) is 5.37. The van der Waals surface area contributed by atoms with E-state index in [1.807, 2.05) is 67.0 Å². The molecule has 0 fully saturated rings. The number of amides is 1. The molecule has 1 amide bonds. The highest BCUT2D eigenvalue weighted by atomic mass is 32.1. The van der Waals surface area contributed by atoms with Crippen molar-refractivity contribution in [2.45, 2.75) is 25.7 Å². The Labute approximate surface area is 180 Å². The molecule has 0 aliphatic heterocycles. The van der Waals surface area contributed by atoms with Gasteiger partial charge in [-0.1, -0.05) is 35.5 Å². The number of nitrogens with zero attached hydrogens (tertiary/aromatic N) is 2. The van der Waals surface area contributed by atoms with Gasteiger partial charge in [-0.25, -0.2) is 0 Å². The van der Waals surface area contributed by atoms with Crippen molar-refractivity contribution in [3.05, 3.63) is 81.5 Å². The third kappa shape index (κ3) is 4.39. The second-order valence-corrected chi connectivity index (χ2v) is 8.28. The van der Waals surface area contributed by atoms with Crippen molar-refractivity contribution in [3.63, 3.8) is 0 Å². The lowest BCUT2D eigenvalue weighted by molar-refractivity contribution is 0.0796. The van der Waals surface area contributed by atoms with Gasteiger partial charge in [-0.3, -0.25) is 4.79 Å². The van der Waals surface area contributed by atoms with Crippen LogP contribution in [-0.4, -0.2) is 35.3 Å². The van der Waals surface area contributed by atoms with E-state index in [4.69, 9.17) is 4.74 Å². The average molecular weight is 421 g/mol. The Kier molecular flexibility index (Phi) is 6.14. The van der Waals surface area contributed by atoms with Gasteiger partial charge >= 0.3 is 0 Å². The molecule has 0 saturated heterocycles. The highest BCUT2D eigenvalue weighted by Crippen LogP contribution is 2.31. The van der Waals surface area contributed by atoms with Gasteiger partial charge in [-0.2, -0.15) is 0 Å². The van der Waals surface area contributed by atoms with Crippen LogP contribution in [0.5, 0.6) is 11.5 Å². The lowest BCUT2D eigenvalue weighted by Gasteiger charge is -2.19. The number of thiophene rings is 1. The summed E-state index contributed by atoms with van der Waals surface area (Å²) in [6.45, 7) is 0.610. The molecule has 1 aliphatic rings. The Balaban J connectivity index is 1.40. The van der Waals surface area contributed by atoms with E-state index in [0.717, 1.165) is 58.7 Å². The summed E-state index contributed by atoms with van der Waals surface area (Å²) in [4.78, 5) is 15.7. The number of hydrogen-bond acceptors (Lipinski definition) is 5. The minimum Gasteiger partial charge on any atom is -0.457 e. The van der Waals surface area contributed by atoms with E-state index in [1.165, 1.54) is 11.3 Å². The summed E-state index contributed by atoms with van der Waals surface area (Å²) in [5, 5.41) is 14.5. The second-order valence-electron chi connectivity index (χ2n) is 7.40. The van der Waals surface area contributed by atoms with E-state index in [0.29, 0.717) is 12.3 Å². The van der Waals surface area contributed by atoms with Crippen LogP contribution in [0, 0.1) is 0 Å². The number of rotatable bonds is 6. The number of carbonyl (C=O) groups is 1. The number of benzene rings is 2. The van der Waals surface area contributed by atoms with Crippen molar-refractivity contribution in [1.29, 1.82) is 0 Å². The van der Waals surface area contributed by atoms with Crippen molar-refractivity contribution < 1.29 is 14.7 Å². The summed E-state index contributed by atoms with van der Waals surface area (Å²) in [6.07, 6.45) is 3.26. The van der Waals surface area contributed by atoms with E-state index in [9.17, 15) is 10.0 Å². The molecule has 4 rings (SSSR count). The Morgan fingerprint density at radius 1 is 1.13 bits per heavy atom. The molecule has 1 aliphatic carbocycles. The summed E-state index contributed by atoms with van der Waals surface area (Å²) in [5.41, 5.74) is 3.57. The van der Waals surface area contributed by atoms with Gasteiger partial charge in [0.2, 0.25) is 0 Å². The summed E-state index contributed by atoms with van der Waals surface area (Å²) in [5.74, 6) is 1.61. The van der Waals surface area contributed by atoms with E-state index < -0.39 is 0 Å². The van der Waals surface area contributed by atoms with Crippen molar-refractivity contribution in [2.24, 2.45) is 5.16 Å². The first kappa shape index (κ1) is 20.2. The van der Waals surface area contributed by atoms with Crippen molar-refractivity contribution in [3.8, 4) is 11.5 Å². The van der Waals surface area contributed by atoms with Gasteiger partial charge in [0.25, 0.3) is 5.91 Å². The highest BCUT2D eigenvalue weighted by molar-refractivity contribution is 7.12. The first-order valence-electron chi connectivity index (χ1n) is 10.0. The van der Waals surface area contributed by atoms with Gasteiger partial charge in [0.1, 0.15) is 11.5 Å². The number of oxime groups is 1. The standard InChI is InChI=1S/C24H24N2O3S/c1-26(24(27)21-16-30-23-20(21)11-6-12-22(23)25-28)14-13-17-7-5-10-19(15-17)29-18-8-3-2-4-9-18/h2-5,7-10,15-16,28H,6,11-14H2,1H3/b25-22-. The first-order valence-corrected chi connectivity index (χ1v) is 10.9. The van der Waals surface area contributed by atoms with Crippen LogP contribution in [0.25, 0.3) is 0 Å². The zero-order valence-electron chi connectivity index (χ0n) is 16.9. The molecular formula is C24H24N2O3S. The molecule has 3 aromatic rings. The molecule has 6 heteroatoms. The Morgan fingerprint density at radius 2 is 1.93 bits per heavy atom. The minimum atomic E-state index is 0.0170. The summed E-state index contributed by atoms with van der Waals surface area (Å²) in [6, 6.07) is 17.7. The Hall–Kier alpha value is -3.12. The van der Waals surface area contributed by atoms with Crippen molar-refractivity contribution >= 4 is 23.0 Å². The van der Waals surface area contributed by atoms with Crippen molar-refractivity contribution in [2.75, 3.05) is 13.6 Å². The molecule has 154 valence electrons. The Morgan fingerprint density at radius 3 is 2.73 bits per heavy atom. The van der Waals surface area contributed by atoms with Crippen LogP contribution in [0.15, 0.2) is 65.1 Å². The average Bonchev–Trinajstić information content (AvgIpc) is 3.22. The quantitative estimate of drug-likeness (QED) is 0.431. The van der Waals surface area contributed by atoms with Gasteiger partial charge in [-0.05, 0) is 61.1 Å². The largest absolute Gasteiger partial charge is 0.457 e. The smallest absolute Gasteiger partial charge is 0.254 e. The molecule has 0 bridgehead atoms. The SMILES string of the molecule is CN(CCc1cccc(Oc2ccccc2)c1)C(=O)c1csc2c1CCC/C2=N/O.